The third-order valence-corrected chi connectivity index (χ3v) is 2.41. The standard InChI is InChI=1S/C13H12O2/c1-9-3-2-4-12(15)13(9)10-5-7-11(14)8-6-10/h2-8,14-15H,1H3. The van der Waals surface area contributed by atoms with E-state index < -0.39 is 0 Å². The lowest BCUT2D eigenvalue weighted by molar-refractivity contribution is 0.474. The number of benzene rings is 2. The molecule has 0 atom stereocenters. The van der Waals surface area contributed by atoms with Crippen LogP contribution in [0.3, 0.4) is 0 Å². The Balaban J connectivity index is 2.58. The van der Waals surface area contributed by atoms with Gasteiger partial charge in [0.25, 0.3) is 0 Å². The van der Waals surface area contributed by atoms with Gasteiger partial charge in [0.15, 0.2) is 0 Å². The van der Waals surface area contributed by atoms with Gasteiger partial charge in [-0.3, -0.25) is 0 Å². The summed E-state index contributed by atoms with van der Waals surface area (Å²) in [6.07, 6.45) is 0. The lowest BCUT2D eigenvalue weighted by Gasteiger charge is -2.08. The van der Waals surface area contributed by atoms with E-state index >= 15 is 0 Å². The molecule has 2 aromatic carbocycles. The average Bonchev–Trinajstić information content (AvgIpc) is 2.20. The van der Waals surface area contributed by atoms with Crippen LogP contribution >= 0.6 is 0 Å². The van der Waals surface area contributed by atoms with Gasteiger partial charge in [-0.15, -0.1) is 0 Å². The molecule has 0 fully saturated rings. The fraction of sp³-hybridized carbons (Fsp3) is 0.0769. The first-order valence-electron chi connectivity index (χ1n) is 4.76. The van der Waals surface area contributed by atoms with E-state index in [2.05, 4.69) is 0 Å². The highest BCUT2D eigenvalue weighted by Gasteiger charge is 2.06. The van der Waals surface area contributed by atoms with Gasteiger partial charge >= 0.3 is 0 Å². The molecule has 0 saturated carbocycles. The van der Waals surface area contributed by atoms with E-state index in [0.29, 0.717) is 0 Å². The Kier molecular flexibility index (Phi) is 2.34. The van der Waals surface area contributed by atoms with Crippen LogP contribution in [-0.2, 0) is 0 Å². The van der Waals surface area contributed by atoms with Crippen molar-refractivity contribution in [2.45, 2.75) is 6.92 Å². The first kappa shape index (κ1) is 9.59. The highest BCUT2D eigenvalue weighted by atomic mass is 16.3. The summed E-state index contributed by atoms with van der Waals surface area (Å²) < 4.78 is 0. The van der Waals surface area contributed by atoms with Crippen LogP contribution in [0.5, 0.6) is 11.5 Å². The van der Waals surface area contributed by atoms with Gasteiger partial charge in [0.1, 0.15) is 11.5 Å². The highest BCUT2D eigenvalue weighted by molar-refractivity contribution is 5.73. The quantitative estimate of drug-likeness (QED) is 0.742. The minimum Gasteiger partial charge on any atom is -0.508 e. The van der Waals surface area contributed by atoms with E-state index in [0.717, 1.165) is 16.7 Å². The minimum absolute atomic E-state index is 0.229. The number of rotatable bonds is 1. The van der Waals surface area contributed by atoms with Gasteiger partial charge in [-0.1, -0.05) is 24.3 Å². The molecule has 0 bridgehead atoms. The number of hydrogen-bond acceptors (Lipinski definition) is 2. The number of aryl methyl sites for hydroxylation is 1. The summed E-state index contributed by atoms with van der Waals surface area (Å²) >= 11 is 0. The van der Waals surface area contributed by atoms with Crippen molar-refractivity contribution in [2.75, 3.05) is 0 Å². The Labute approximate surface area is 88.4 Å². The van der Waals surface area contributed by atoms with Crippen LogP contribution in [0.1, 0.15) is 5.56 Å². The van der Waals surface area contributed by atoms with Crippen LogP contribution in [0.4, 0.5) is 0 Å². The first-order chi connectivity index (χ1) is 7.18. The molecule has 0 aliphatic rings. The number of phenolic OH excluding ortho intramolecular Hbond substituents is 2. The second kappa shape index (κ2) is 3.65. The molecular formula is C13H12O2. The fourth-order valence-corrected chi connectivity index (χ4v) is 1.66. The maximum absolute atomic E-state index is 9.75. The molecule has 0 unspecified atom stereocenters. The van der Waals surface area contributed by atoms with Crippen LogP contribution < -0.4 is 0 Å². The zero-order valence-electron chi connectivity index (χ0n) is 8.44. The van der Waals surface area contributed by atoms with Crippen molar-refractivity contribution >= 4 is 0 Å². The Morgan fingerprint density at radius 1 is 0.867 bits per heavy atom. The van der Waals surface area contributed by atoms with Crippen LogP contribution in [0.15, 0.2) is 42.5 Å². The molecule has 0 saturated heterocycles. The van der Waals surface area contributed by atoms with E-state index in [1.807, 2.05) is 19.1 Å². The van der Waals surface area contributed by atoms with Gasteiger partial charge in [0, 0.05) is 5.56 Å². The summed E-state index contributed by atoms with van der Waals surface area (Å²) in [5.74, 6) is 0.493. The van der Waals surface area contributed by atoms with E-state index in [1.165, 1.54) is 0 Å². The molecule has 0 aromatic heterocycles. The second-order valence-electron chi connectivity index (χ2n) is 3.52. The molecule has 2 rings (SSSR count). The Bertz CT molecular complexity index is 452. The predicted molar refractivity (Wildman–Crippen MR) is 59.9 cm³/mol. The monoisotopic (exact) mass is 200 g/mol. The molecule has 0 aliphatic heterocycles. The third-order valence-electron chi connectivity index (χ3n) is 2.41. The largest absolute Gasteiger partial charge is 0.508 e. The minimum atomic E-state index is 0.229. The molecule has 76 valence electrons. The molecule has 2 aromatic rings. The van der Waals surface area contributed by atoms with Crippen molar-refractivity contribution in [1.82, 2.24) is 0 Å². The van der Waals surface area contributed by atoms with Crippen molar-refractivity contribution in [3.8, 4) is 22.6 Å². The lowest BCUT2D eigenvalue weighted by atomic mass is 9.99. The maximum Gasteiger partial charge on any atom is 0.123 e. The summed E-state index contributed by atoms with van der Waals surface area (Å²) in [6.45, 7) is 1.95. The average molecular weight is 200 g/mol. The topological polar surface area (TPSA) is 40.5 Å². The van der Waals surface area contributed by atoms with Crippen LogP contribution in [0, 0.1) is 6.92 Å². The summed E-state index contributed by atoms with van der Waals surface area (Å²) in [5, 5.41) is 18.9. The van der Waals surface area contributed by atoms with Gasteiger partial charge < -0.3 is 10.2 Å². The Hall–Kier alpha value is -1.96. The summed E-state index contributed by atoms with van der Waals surface area (Å²) in [7, 11) is 0. The van der Waals surface area contributed by atoms with Crippen molar-refractivity contribution in [3.05, 3.63) is 48.0 Å². The van der Waals surface area contributed by atoms with E-state index in [4.69, 9.17) is 0 Å². The van der Waals surface area contributed by atoms with Crippen LogP contribution in [0.25, 0.3) is 11.1 Å². The van der Waals surface area contributed by atoms with Gasteiger partial charge in [-0.25, -0.2) is 0 Å². The molecule has 0 amide bonds. The summed E-state index contributed by atoms with van der Waals surface area (Å²) in [4.78, 5) is 0. The number of aromatic hydroxyl groups is 2. The summed E-state index contributed by atoms with van der Waals surface area (Å²) in [6, 6.07) is 12.2. The van der Waals surface area contributed by atoms with Crippen molar-refractivity contribution in [1.29, 1.82) is 0 Å². The third kappa shape index (κ3) is 1.79. The van der Waals surface area contributed by atoms with Gasteiger partial charge in [0.05, 0.1) is 0 Å². The van der Waals surface area contributed by atoms with Gasteiger partial charge in [-0.05, 0) is 36.2 Å². The van der Waals surface area contributed by atoms with Crippen LogP contribution in [-0.4, -0.2) is 10.2 Å². The maximum atomic E-state index is 9.75. The molecule has 2 N–H and O–H groups in total. The predicted octanol–water partition coefficient (Wildman–Crippen LogP) is 3.07. The Morgan fingerprint density at radius 3 is 2.13 bits per heavy atom. The smallest absolute Gasteiger partial charge is 0.123 e. The number of hydrogen-bond donors (Lipinski definition) is 2. The molecular weight excluding hydrogens is 188 g/mol. The van der Waals surface area contributed by atoms with E-state index in [9.17, 15) is 10.2 Å². The fourth-order valence-electron chi connectivity index (χ4n) is 1.66. The molecule has 2 heteroatoms. The van der Waals surface area contributed by atoms with Crippen molar-refractivity contribution in [3.63, 3.8) is 0 Å². The van der Waals surface area contributed by atoms with Gasteiger partial charge in [0.2, 0.25) is 0 Å². The molecule has 0 radical (unpaired) electrons. The zero-order chi connectivity index (χ0) is 10.8. The number of phenols is 2. The van der Waals surface area contributed by atoms with E-state index in [1.54, 1.807) is 30.3 Å². The Morgan fingerprint density at radius 2 is 1.53 bits per heavy atom. The highest BCUT2D eigenvalue weighted by Crippen LogP contribution is 2.32. The first-order valence-corrected chi connectivity index (χ1v) is 4.76. The molecule has 0 heterocycles. The normalized spacial score (nSPS) is 10.2. The van der Waals surface area contributed by atoms with Crippen molar-refractivity contribution < 1.29 is 10.2 Å². The SMILES string of the molecule is Cc1cccc(O)c1-c1ccc(O)cc1. The zero-order valence-corrected chi connectivity index (χ0v) is 8.44. The molecule has 0 aliphatic carbocycles. The molecule has 2 nitrogen and oxygen atoms in total. The second-order valence-corrected chi connectivity index (χ2v) is 3.52. The van der Waals surface area contributed by atoms with Crippen molar-refractivity contribution in [2.24, 2.45) is 0 Å². The molecule has 0 spiro atoms. The summed E-state index contributed by atoms with van der Waals surface area (Å²) in [5.41, 5.74) is 2.74. The van der Waals surface area contributed by atoms with Crippen LogP contribution in [0.2, 0.25) is 0 Å². The molecule has 15 heavy (non-hydrogen) atoms. The lowest BCUT2D eigenvalue weighted by Crippen LogP contribution is -1.83. The van der Waals surface area contributed by atoms with Gasteiger partial charge in [-0.2, -0.15) is 0 Å². The van der Waals surface area contributed by atoms with E-state index in [-0.39, 0.29) is 11.5 Å².